The van der Waals surface area contributed by atoms with Gasteiger partial charge in [-0.1, -0.05) is 0 Å². The van der Waals surface area contributed by atoms with Crippen molar-refractivity contribution in [2.45, 2.75) is 31.3 Å². The first-order valence-corrected chi connectivity index (χ1v) is 4.96. The molecule has 1 aliphatic rings. The third kappa shape index (κ3) is 2.15. The lowest BCUT2D eigenvalue weighted by Gasteiger charge is -2.10. The average molecular weight is 210 g/mol. The fraction of sp³-hybridized carbons (Fsp3) is 0.455. The predicted octanol–water partition coefficient (Wildman–Crippen LogP) is 1.26. The Bertz CT molecular complexity index is 359. The minimum Gasteiger partial charge on any atom is -0.508 e. The second-order valence-electron chi connectivity index (χ2n) is 4.19. The van der Waals surface area contributed by atoms with Crippen LogP contribution in [0.15, 0.2) is 12.1 Å². The molecule has 15 heavy (non-hydrogen) atoms. The Balaban J connectivity index is 2.13. The summed E-state index contributed by atoms with van der Waals surface area (Å²) in [5.74, 6) is -0.424. The molecule has 0 amide bonds. The van der Waals surface area contributed by atoms with Crippen molar-refractivity contribution in [3.63, 3.8) is 0 Å². The first kappa shape index (κ1) is 10.1. The highest BCUT2D eigenvalue weighted by Crippen LogP contribution is 2.41. The van der Waals surface area contributed by atoms with Crippen LogP contribution in [0.2, 0.25) is 0 Å². The van der Waals surface area contributed by atoms with E-state index in [9.17, 15) is 15.3 Å². The van der Waals surface area contributed by atoms with Crippen molar-refractivity contribution in [1.29, 1.82) is 0 Å². The molecule has 0 unspecified atom stereocenters. The van der Waals surface area contributed by atoms with Crippen LogP contribution >= 0.6 is 0 Å². The molecule has 82 valence electrons. The molecule has 0 saturated heterocycles. The zero-order valence-electron chi connectivity index (χ0n) is 8.27. The molecule has 4 N–H and O–H groups in total. The van der Waals surface area contributed by atoms with Gasteiger partial charge in [-0.25, -0.2) is 0 Å². The minimum absolute atomic E-state index is 0.128. The van der Waals surface area contributed by atoms with E-state index in [4.69, 9.17) is 5.11 Å². The summed E-state index contributed by atoms with van der Waals surface area (Å²) in [7, 11) is 0. The summed E-state index contributed by atoms with van der Waals surface area (Å²) in [5.41, 5.74) is -0.218. The SMILES string of the molecule is Oc1cc(O)c(CCC2(O)CC2)c(O)c1. The third-order valence-electron chi connectivity index (χ3n) is 2.86. The Kier molecular flexibility index (Phi) is 2.23. The van der Waals surface area contributed by atoms with Crippen LogP contribution in [0.4, 0.5) is 0 Å². The van der Waals surface area contributed by atoms with Gasteiger partial charge in [-0.15, -0.1) is 0 Å². The molecular weight excluding hydrogens is 196 g/mol. The van der Waals surface area contributed by atoms with Crippen molar-refractivity contribution < 1.29 is 20.4 Å². The standard InChI is InChI=1S/C11H14O4/c12-7-5-9(13)8(10(14)6-7)1-2-11(15)3-4-11/h5-6,12-15H,1-4H2. The van der Waals surface area contributed by atoms with Crippen molar-refractivity contribution in [3.05, 3.63) is 17.7 Å². The lowest BCUT2D eigenvalue weighted by atomic mass is 10.0. The predicted molar refractivity (Wildman–Crippen MR) is 53.9 cm³/mol. The Morgan fingerprint density at radius 3 is 2.07 bits per heavy atom. The highest BCUT2D eigenvalue weighted by molar-refractivity contribution is 5.48. The van der Waals surface area contributed by atoms with E-state index in [0.29, 0.717) is 18.4 Å². The van der Waals surface area contributed by atoms with E-state index in [2.05, 4.69) is 0 Å². The fourth-order valence-corrected chi connectivity index (χ4v) is 1.64. The third-order valence-corrected chi connectivity index (χ3v) is 2.86. The van der Waals surface area contributed by atoms with Crippen molar-refractivity contribution >= 4 is 0 Å². The van der Waals surface area contributed by atoms with Crippen molar-refractivity contribution in [2.24, 2.45) is 0 Å². The van der Waals surface area contributed by atoms with Crippen LogP contribution in [-0.2, 0) is 6.42 Å². The van der Waals surface area contributed by atoms with E-state index >= 15 is 0 Å². The molecule has 0 atom stereocenters. The summed E-state index contributed by atoms with van der Waals surface area (Å²) >= 11 is 0. The zero-order valence-corrected chi connectivity index (χ0v) is 8.27. The molecule has 4 nitrogen and oxygen atoms in total. The molecule has 0 spiro atoms. The van der Waals surface area contributed by atoms with Crippen molar-refractivity contribution in [3.8, 4) is 17.2 Å². The quantitative estimate of drug-likeness (QED) is 0.605. The number of rotatable bonds is 3. The number of benzene rings is 1. The number of phenolic OH excluding ortho intramolecular Hbond substituents is 3. The molecule has 4 heteroatoms. The van der Waals surface area contributed by atoms with Gasteiger partial charge in [0.2, 0.25) is 0 Å². The van der Waals surface area contributed by atoms with E-state index in [1.165, 1.54) is 12.1 Å². The van der Waals surface area contributed by atoms with Crippen LogP contribution in [0.25, 0.3) is 0 Å². The van der Waals surface area contributed by atoms with Crippen LogP contribution in [0.5, 0.6) is 17.2 Å². The van der Waals surface area contributed by atoms with Gasteiger partial charge in [-0.05, 0) is 25.7 Å². The lowest BCUT2D eigenvalue weighted by Crippen LogP contribution is -2.07. The molecular formula is C11H14O4. The number of hydrogen-bond acceptors (Lipinski definition) is 4. The maximum atomic E-state index is 9.61. The number of aromatic hydroxyl groups is 3. The van der Waals surface area contributed by atoms with E-state index in [-0.39, 0.29) is 17.2 Å². The van der Waals surface area contributed by atoms with Crippen LogP contribution in [0.1, 0.15) is 24.8 Å². The van der Waals surface area contributed by atoms with E-state index in [1.54, 1.807) is 0 Å². The van der Waals surface area contributed by atoms with Crippen molar-refractivity contribution in [2.75, 3.05) is 0 Å². The highest BCUT2D eigenvalue weighted by Gasteiger charge is 2.39. The molecule has 0 bridgehead atoms. The maximum absolute atomic E-state index is 9.61. The molecule has 1 saturated carbocycles. The molecule has 1 aromatic carbocycles. The fourth-order valence-electron chi connectivity index (χ4n) is 1.64. The average Bonchev–Trinajstić information content (AvgIpc) is 2.82. The van der Waals surface area contributed by atoms with Gasteiger partial charge in [0.1, 0.15) is 17.2 Å². The molecule has 1 aliphatic carbocycles. The smallest absolute Gasteiger partial charge is 0.126 e. The summed E-state index contributed by atoms with van der Waals surface area (Å²) < 4.78 is 0. The molecule has 2 rings (SSSR count). The summed E-state index contributed by atoms with van der Waals surface area (Å²) in [5, 5.41) is 37.7. The first-order chi connectivity index (χ1) is 7.00. The van der Waals surface area contributed by atoms with Gasteiger partial charge >= 0.3 is 0 Å². The van der Waals surface area contributed by atoms with Gasteiger partial charge < -0.3 is 20.4 Å². The molecule has 0 aromatic heterocycles. The first-order valence-electron chi connectivity index (χ1n) is 4.96. The number of hydrogen-bond donors (Lipinski definition) is 4. The number of aliphatic hydroxyl groups is 1. The van der Waals surface area contributed by atoms with Crippen LogP contribution in [0.3, 0.4) is 0 Å². The topological polar surface area (TPSA) is 80.9 Å². The number of phenols is 3. The Hall–Kier alpha value is -1.42. The van der Waals surface area contributed by atoms with Gasteiger partial charge in [-0.3, -0.25) is 0 Å². The second kappa shape index (κ2) is 3.31. The maximum Gasteiger partial charge on any atom is 0.126 e. The summed E-state index contributed by atoms with van der Waals surface area (Å²) in [6.07, 6.45) is 2.51. The van der Waals surface area contributed by atoms with Crippen LogP contribution in [0, 0.1) is 0 Å². The van der Waals surface area contributed by atoms with Crippen LogP contribution in [-0.4, -0.2) is 26.0 Å². The molecule has 1 fully saturated rings. The largest absolute Gasteiger partial charge is 0.508 e. The summed E-state index contributed by atoms with van der Waals surface area (Å²) in [4.78, 5) is 0. The summed E-state index contributed by atoms with van der Waals surface area (Å²) in [6, 6.07) is 2.37. The molecule has 0 heterocycles. The minimum atomic E-state index is -0.600. The Labute approximate surface area is 87.4 Å². The van der Waals surface area contributed by atoms with Gasteiger partial charge in [0.05, 0.1) is 5.60 Å². The van der Waals surface area contributed by atoms with Gasteiger partial charge in [0.25, 0.3) is 0 Å². The molecule has 1 aromatic rings. The van der Waals surface area contributed by atoms with Crippen molar-refractivity contribution in [1.82, 2.24) is 0 Å². The van der Waals surface area contributed by atoms with Gasteiger partial charge in [0.15, 0.2) is 0 Å². The van der Waals surface area contributed by atoms with E-state index in [1.807, 2.05) is 0 Å². The normalized spacial score (nSPS) is 17.7. The molecule has 0 aliphatic heterocycles. The second-order valence-corrected chi connectivity index (χ2v) is 4.19. The Morgan fingerprint density at radius 1 is 1.07 bits per heavy atom. The van der Waals surface area contributed by atoms with E-state index in [0.717, 1.165) is 12.8 Å². The summed E-state index contributed by atoms with van der Waals surface area (Å²) in [6.45, 7) is 0. The monoisotopic (exact) mass is 210 g/mol. The highest BCUT2D eigenvalue weighted by atomic mass is 16.3. The van der Waals surface area contributed by atoms with Crippen LogP contribution < -0.4 is 0 Å². The Morgan fingerprint density at radius 2 is 1.60 bits per heavy atom. The zero-order chi connectivity index (χ0) is 11.1. The van der Waals surface area contributed by atoms with Gasteiger partial charge in [0, 0.05) is 17.7 Å². The van der Waals surface area contributed by atoms with Gasteiger partial charge in [-0.2, -0.15) is 0 Å². The lowest BCUT2D eigenvalue weighted by molar-refractivity contribution is 0.140. The van der Waals surface area contributed by atoms with E-state index < -0.39 is 5.60 Å². The molecule has 0 radical (unpaired) electrons.